The number of benzene rings is 1. The Morgan fingerprint density at radius 1 is 1.26 bits per heavy atom. The molecule has 3 nitrogen and oxygen atoms in total. The van der Waals surface area contributed by atoms with Gasteiger partial charge in [-0.25, -0.2) is 0 Å². The Hall–Kier alpha value is -2.29. The zero-order valence-corrected chi connectivity index (χ0v) is 13.8. The Morgan fingerprint density at radius 2 is 2.04 bits per heavy atom. The van der Waals surface area contributed by atoms with E-state index in [4.69, 9.17) is 5.41 Å². The molecule has 2 atom stereocenters. The van der Waals surface area contributed by atoms with Crippen molar-refractivity contribution in [2.45, 2.75) is 32.6 Å². The van der Waals surface area contributed by atoms with Crippen molar-refractivity contribution in [1.29, 1.82) is 5.41 Å². The first-order valence-electron chi connectivity index (χ1n) is 8.19. The number of nitrogens with one attached hydrogen (secondary N) is 1. The van der Waals surface area contributed by atoms with E-state index < -0.39 is 0 Å². The van der Waals surface area contributed by atoms with E-state index in [1.54, 1.807) is 0 Å². The van der Waals surface area contributed by atoms with Crippen LogP contribution in [0.1, 0.15) is 35.4 Å². The van der Waals surface area contributed by atoms with Gasteiger partial charge in [0.1, 0.15) is 0 Å². The molecule has 0 radical (unpaired) electrons. The Morgan fingerprint density at radius 3 is 2.78 bits per heavy atom. The molecule has 1 aromatic carbocycles. The number of hydrogen-bond donors (Lipinski definition) is 1. The van der Waals surface area contributed by atoms with Crippen molar-refractivity contribution in [2.75, 3.05) is 6.54 Å². The van der Waals surface area contributed by atoms with Gasteiger partial charge < -0.3 is 5.41 Å². The highest BCUT2D eigenvalue weighted by Gasteiger charge is 2.40. The summed E-state index contributed by atoms with van der Waals surface area (Å²) in [4.78, 5) is 8.80. The molecular weight excluding hydrogens is 282 g/mol. The molecule has 0 saturated heterocycles. The first-order valence-corrected chi connectivity index (χ1v) is 8.19. The van der Waals surface area contributed by atoms with Gasteiger partial charge in [-0.1, -0.05) is 29.3 Å². The van der Waals surface area contributed by atoms with Crippen molar-refractivity contribution < 1.29 is 0 Å². The molecule has 2 unspecified atom stereocenters. The van der Waals surface area contributed by atoms with Crippen LogP contribution in [-0.2, 0) is 0 Å². The van der Waals surface area contributed by atoms with Crippen molar-refractivity contribution in [3.05, 3.63) is 58.8 Å². The topological polar surface area (TPSA) is 48.6 Å². The fourth-order valence-electron chi connectivity index (χ4n) is 3.21. The maximum absolute atomic E-state index is 7.72. The van der Waals surface area contributed by atoms with Gasteiger partial charge in [-0.3, -0.25) is 9.98 Å². The Kier molecular flexibility index (Phi) is 4.65. The molecule has 0 amide bonds. The minimum atomic E-state index is 0.434. The lowest BCUT2D eigenvalue weighted by Gasteiger charge is -2.05. The van der Waals surface area contributed by atoms with Gasteiger partial charge in [0.2, 0.25) is 0 Å². The van der Waals surface area contributed by atoms with Gasteiger partial charge in [-0.2, -0.15) is 0 Å². The van der Waals surface area contributed by atoms with Crippen LogP contribution in [0.5, 0.6) is 0 Å². The van der Waals surface area contributed by atoms with E-state index in [0.29, 0.717) is 11.8 Å². The summed E-state index contributed by atoms with van der Waals surface area (Å²) in [6, 6.07) is 6.76. The highest BCUT2D eigenvalue weighted by Crippen LogP contribution is 2.51. The number of hydrogen-bond acceptors (Lipinski definition) is 3. The van der Waals surface area contributed by atoms with Gasteiger partial charge in [0.15, 0.2) is 0 Å². The summed E-state index contributed by atoms with van der Waals surface area (Å²) < 4.78 is 0. The highest BCUT2D eigenvalue weighted by molar-refractivity contribution is 5.99. The zero-order chi connectivity index (χ0) is 16.2. The van der Waals surface area contributed by atoms with Crippen molar-refractivity contribution in [3.8, 4) is 0 Å². The molecule has 3 rings (SSSR count). The maximum atomic E-state index is 7.72. The lowest BCUT2D eigenvalue weighted by Crippen LogP contribution is -1.96. The normalized spacial score (nSPS) is 25.5. The van der Waals surface area contributed by atoms with Gasteiger partial charge in [0, 0.05) is 37.3 Å². The minimum absolute atomic E-state index is 0.434. The van der Waals surface area contributed by atoms with E-state index in [1.807, 2.05) is 24.6 Å². The summed E-state index contributed by atoms with van der Waals surface area (Å²) in [6.07, 6.45) is 11.1. The molecule has 1 aromatic rings. The number of nitrogens with zero attached hydrogens (tertiary/aromatic N) is 2. The molecule has 1 saturated carbocycles. The van der Waals surface area contributed by atoms with Gasteiger partial charge in [0.05, 0.1) is 0 Å². The molecule has 2 aliphatic rings. The summed E-state index contributed by atoms with van der Waals surface area (Å²) in [7, 11) is 0. The van der Waals surface area contributed by atoms with Crippen molar-refractivity contribution in [2.24, 2.45) is 15.9 Å². The molecule has 1 aliphatic carbocycles. The van der Waals surface area contributed by atoms with Crippen LogP contribution in [-0.4, -0.2) is 24.7 Å². The molecule has 0 aromatic heterocycles. The van der Waals surface area contributed by atoms with Crippen molar-refractivity contribution >= 4 is 18.1 Å². The summed E-state index contributed by atoms with van der Waals surface area (Å²) >= 11 is 0. The smallest absolute Gasteiger partial charge is 0.0444 e. The first kappa shape index (κ1) is 15.6. The molecule has 3 heteroatoms. The van der Waals surface area contributed by atoms with Gasteiger partial charge in [-0.15, -0.1) is 0 Å². The van der Waals surface area contributed by atoms with E-state index in [2.05, 4.69) is 42.0 Å². The largest absolute Gasteiger partial charge is 0.308 e. The molecule has 0 spiro atoms. The third kappa shape index (κ3) is 3.92. The number of aliphatic imine (C=N–C) groups is 2. The summed E-state index contributed by atoms with van der Waals surface area (Å²) in [5, 5.41) is 7.72. The van der Waals surface area contributed by atoms with Gasteiger partial charge >= 0.3 is 0 Å². The first-order chi connectivity index (χ1) is 11.2. The third-order valence-corrected chi connectivity index (χ3v) is 4.41. The van der Waals surface area contributed by atoms with Gasteiger partial charge in [-0.05, 0) is 55.4 Å². The minimum Gasteiger partial charge on any atom is -0.308 e. The highest BCUT2D eigenvalue weighted by atomic mass is 14.7. The standard InChI is InChI=1S/C20H23N3/c1-14-8-15(2)10-16(9-14)19-11-20(19)17(12-21)13-23-18-4-3-6-22-7-5-18/h3-4,6,8-10,12-13,19-21H,5,7,11H2,1-2H3/b17-13+,21-12?,23-18-. The Balaban J connectivity index is 1.74. The van der Waals surface area contributed by atoms with Gasteiger partial charge in [0.25, 0.3) is 0 Å². The fraction of sp³-hybridized carbons (Fsp3) is 0.350. The maximum Gasteiger partial charge on any atom is 0.0444 e. The van der Waals surface area contributed by atoms with Crippen LogP contribution < -0.4 is 0 Å². The van der Waals surface area contributed by atoms with E-state index in [-0.39, 0.29) is 0 Å². The molecular formula is C20H23N3. The summed E-state index contributed by atoms with van der Waals surface area (Å²) in [5.41, 5.74) is 6.09. The molecule has 0 bridgehead atoms. The van der Waals surface area contributed by atoms with Crippen LogP contribution in [0.2, 0.25) is 0 Å². The predicted molar refractivity (Wildman–Crippen MR) is 98.2 cm³/mol. The number of rotatable bonds is 4. The molecule has 23 heavy (non-hydrogen) atoms. The lowest BCUT2D eigenvalue weighted by molar-refractivity contribution is 0.973. The summed E-state index contributed by atoms with van der Waals surface area (Å²) in [6.45, 7) is 5.08. The zero-order valence-electron chi connectivity index (χ0n) is 13.8. The second kappa shape index (κ2) is 6.86. The van der Waals surface area contributed by atoms with Crippen LogP contribution in [0.4, 0.5) is 0 Å². The quantitative estimate of drug-likeness (QED) is 0.801. The SMILES string of the molecule is Cc1cc(C)cc(C2CC2/C(C=N)=C/N=C2/C=CC=NCC2)c1. The molecule has 1 aliphatic heterocycles. The molecule has 1 N–H and O–H groups in total. The Labute approximate surface area is 138 Å². The average molecular weight is 305 g/mol. The van der Waals surface area contributed by atoms with E-state index >= 15 is 0 Å². The number of aryl methyl sites for hydroxylation is 2. The average Bonchev–Trinajstić information content (AvgIpc) is 3.31. The van der Waals surface area contributed by atoms with E-state index in [9.17, 15) is 0 Å². The third-order valence-electron chi connectivity index (χ3n) is 4.41. The summed E-state index contributed by atoms with van der Waals surface area (Å²) in [5.74, 6) is 0.971. The molecule has 118 valence electrons. The van der Waals surface area contributed by atoms with E-state index in [1.165, 1.54) is 22.9 Å². The van der Waals surface area contributed by atoms with Crippen LogP contribution >= 0.6 is 0 Å². The van der Waals surface area contributed by atoms with Crippen LogP contribution in [0, 0.1) is 25.2 Å². The van der Waals surface area contributed by atoms with Crippen LogP contribution in [0.15, 0.2) is 52.1 Å². The fourth-order valence-corrected chi connectivity index (χ4v) is 3.21. The Bertz CT molecular complexity index is 702. The monoisotopic (exact) mass is 305 g/mol. The lowest BCUT2D eigenvalue weighted by atomic mass is 10.0. The second-order valence-electron chi connectivity index (χ2n) is 6.43. The number of allylic oxidation sites excluding steroid dienone is 3. The van der Waals surface area contributed by atoms with E-state index in [0.717, 1.165) is 30.7 Å². The molecule has 1 fully saturated rings. The van der Waals surface area contributed by atoms with Crippen molar-refractivity contribution in [3.63, 3.8) is 0 Å². The van der Waals surface area contributed by atoms with Crippen molar-refractivity contribution in [1.82, 2.24) is 0 Å². The van der Waals surface area contributed by atoms with Crippen LogP contribution in [0.25, 0.3) is 0 Å². The second-order valence-corrected chi connectivity index (χ2v) is 6.43. The predicted octanol–water partition coefficient (Wildman–Crippen LogP) is 4.41. The molecule has 1 heterocycles. The van der Waals surface area contributed by atoms with Crippen LogP contribution in [0.3, 0.4) is 0 Å².